The number of nitrogens with zero attached hydrogens (tertiary/aromatic N) is 3. The molecule has 1 amide bonds. The largest absolute Gasteiger partial charge is 0.496 e. The second kappa shape index (κ2) is 17.0. The van der Waals surface area contributed by atoms with E-state index in [0.717, 1.165) is 40.5 Å². The van der Waals surface area contributed by atoms with Crippen molar-refractivity contribution >= 4 is 18.1 Å². The number of hydrogen-bond acceptors (Lipinski definition) is 6. The van der Waals surface area contributed by atoms with E-state index in [-0.39, 0.29) is 42.9 Å². The van der Waals surface area contributed by atoms with E-state index >= 15 is 4.39 Å². The number of hydrogen-bond donors (Lipinski definition) is 0. The third-order valence-corrected chi connectivity index (χ3v) is 9.51. The average molecular weight is 728 g/mol. The lowest BCUT2D eigenvalue weighted by Gasteiger charge is -2.37. The van der Waals surface area contributed by atoms with E-state index < -0.39 is 47.0 Å². The second-order valence-electron chi connectivity index (χ2n) is 14.2. The highest BCUT2D eigenvalue weighted by Gasteiger charge is 2.36. The fourth-order valence-electron chi connectivity index (χ4n) is 6.96. The van der Waals surface area contributed by atoms with Crippen LogP contribution in [0.1, 0.15) is 85.9 Å². The third-order valence-electron chi connectivity index (χ3n) is 9.51. The number of alkyl halides is 3. The molecule has 8 nitrogen and oxygen atoms in total. The van der Waals surface area contributed by atoms with Crippen LogP contribution in [0.4, 0.5) is 17.6 Å². The number of likely N-dealkylation sites (tertiary alicyclic amines) is 1. The molecule has 0 aliphatic carbocycles. The molecule has 12 heteroatoms. The SMILES string of the molecule is CCOC(=O)CC(C=NC(=O)C(CC(C)C)n1cc(CCN2CC(C)C2)c(C(F)(F)F)cc1=O)c1cc(-c2c(C)ccc(OC)c2C)cc(C)c1F. The van der Waals surface area contributed by atoms with E-state index in [4.69, 9.17) is 9.47 Å². The minimum absolute atomic E-state index is 0.0382. The summed E-state index contributed by atoms with van der Waals surface area (Å²) in [7, 11) is 1.56. The predicted octanol–water partition coefficient (Wildman–Crippen LogP) is 8.02. The standard InChI is InChI=1S/C40H49F4N3O5/c1-9-52-36(49)17-30(31-16-29(15-26(6)38(31)41)37-25(5)10-11-34(51-8)27(37)7)19-45-39(50)33(14-23(2)3)47-22-28(12-13-46-20-24(4)21-46)32(18-35(47)48)40(42,43)44/h10-11,15-16,18-19,22-24,30,33H,9,12-14,17,20-21H2,1-8H3. The lowest BCUT2D eigenvalue weighted by molar-refractivity contribution is -0.143. The van der Waals surface area contributed by atoms with E-state index in [0.29, 0.717) is 35.4 Å². The van der Waals surface area contributed by atoms with E-state index in [9.17, 15) is 27.6 Å². The summed E-state index contributed by atoms with van der Waals surface area (Å²) in [5.41, 5.74) is 1.56. The van der Waals surface area contributed by atoms with Crippen LogP contribution in [0, 0.1) is 38.4 Å². The molecule has 0 saturated carbocycles. The Morgan fingerprint density at radius 2 is 1.77 bits per heavy atom. The molecule has 3 aromatic rings. The summed E-state index contributed by atoms with van der Waals surface area (Å²) >= 11 is 0. The molecule has 1 aliphatic heterocycles. The van der Waals surface area contributed by atoms with Crippen LogP contribution in [-0.2, 0) is 26.9 Å². The first-order valence-electron chi connectivity index (χ1n) is 17.7. The molecule has 4 rings (SSSR count). The minimum atomic E-state index is -4.76. The normalized spacial score (nSPS) is 15.2. The van der Waals surface area contributed by atoms with Crippen molar-refractivity contribution in [3.63, 3.8) is 0 Å². The van der Waals surface area contributed by atoms with Gasteiger partial charge in [0.05, 0.1) is 25.7 Å². The van der Waals surface area contributed by atoms with Crippen molar-refractivity contribution in [2.24, 2.45) is 16.8 Å². The quantitative estimate of drug-likeness (QED) is 0.0950. The number of amides is 1. The fourth-order valence-corrected chi connectivity index (χ4v) is 6.96. The Morgan fingerprint density at radius 1 is 1.08 bits per heavy atom. The maximum absolute atomic E-state index is 16.0. The maximum Gasteiger partial charge on any atom is 0.416 e. The highest BCUT2D eigenvalue weighted by atomic mass is 19.4. The Bertz CT molecular complexity index is 1860. The number of rotatable bonds is 14. The van der Waals surface area contributed by atoms with Crippen molar-refractivity contribution in [3.05, 3.63) is 86.1 Å². The highest BCUT2D eigenvalue weighted by molar-refractivity contribution is 5.91. The number of halogens is 4. The van der Waals surface area contributed by atoms with E-state index in [2.05, 4.69) is 11.9 Å². The summed E-state index contributed by atoms with van der Waals surface area (Å²) < 4.78 is 70.0. The number of aromatic nitrogens is 1. The van der Waals surface area contributed by atoms with Crippen LogP contribution in [-0.4, -0.2) is 60.9 Å². The Labute approximate surface area is 302 Å². The van der Waals surface area contributed by atoms with Gasteiger partial charge < -0.3 is 18.9 Å². The van der Waals surface area contributed by atoms with Gasteiger partial charge in [0.1, 0.15) is 17.6 Å². The molecule has 282 valence electrons. The molecular weight excluding hydrogens is 678 g/mol. The van der Waals surface area contributed by atoms with Gasteiger partial charge in [0.2, 0.25) is 0 Å². The van der Waals surface area contributed by atoms with E-state index in [1.807, 2.05) is 44.7 Å². The van der Waals surface area contributed by atoms with Gasteiger partial charge in [-0.15, -0.1) is 0 Å². The number of methoxy groups -OCH3 is 1. The number of aliphatic imine (C=N–C) groups is 1. The fraction of sp³-hybridized carbons (Fsp3) is 0.500. The van der Waals surface area contributed by atoms with Crippen LogP contribution in [0.25, 0.3) is 11.1 Å². The predicted molar refractivity (Wildman–Crippen MR) is 194 cm³/mol. The van der Waals surface area contributed by atoms with Crippen LogP contribution in [0.3, 0.4) is 0 Å². The zero-order valence-corrected chi connectivity index (χ0v) is 31.2. The zero-order chi connectivity index (χ0) is 38.5. The molecule has 0 radical (unpaired) electrons. The first kappa shape index (κ1) is 40.5. The number of carbonyl (C=O) groups excluding carboxylic acids is 2. The van der Waals surface area contributed by atoms with Gasteiger partial charge in [-0.25, -0.2) is 9.38 Å². The molecule has 1 aromatic heterocycles. The lowest BCUT2D eigenvalue weighted by Crippen LogP contribution is -2.46. The van der Waals surface area contributed by atoms with Gasteiger partial charge in [0, 0.05) is 44.0 Å². The maximum atomic E-state index is 16.0. The van der Waals surface area contributed by atoms with Crippen molar-refractivity contribution in [2.75, 3.05) is 33.4 Å². The Hall–Kier alpha value is -4.32. The summed E-state index contributed by atoms with van der Waals surface area (Å²) in [5.74, 6) is -2.12. The monoisotopic (exact) mass is 727 g/mol. The van der Waals surface area contributed by atoms with E-state index in [1.54, 1.807) is 33.1 Å². The van der Waals surface area contributed by atoms with Crippen molar-refractivity contribution < 1.29 is 36.6 Å². The van der Waals surface area contributed by atoms with Crippen molar-refractivity contribution in [1.82, 2.24) is 9.47 Å². The number of benzene rings is 2. The molecule has 2 heterocycles. The van der Waals surface area contributed by atoms with E-state index in [1.165, 1.54) is 6.21 Å². The molecule has 2 atom stereocenters. The number of ether oxygens (including phenoxy) is 2. The molecular formula is C40H49F4N3O5. The van der Waals surface area contributed by atoms with Crippen LogP contribution in [0.2, 0.25) is 0 Å². The van der Waals surface area contributed by atoms with Crippen LogP contribution < -0.4 is 10.3 Å². The van der Waals surface area contributed by atoms with Crippen LogP contribution in [0.5, 0.6) is 5.75 Å². The molecule has 2 aromatic carbocycles. The van der Waals surface area contributed by atoms with Crippen molar-refractivity contribution in [3.8, 4) is 16.9 Å². The Morgan fingerprint density at radius 3 is 2.37 bits per heavy atom. The van der Waals surface area contributed by atoms with Crippen molar-refractivity contribution in [1.29, 1.82) is 0 Å². The summed E-state index contributed by atoms with van der Waals surface area (Å²) in [4.78, 5) is 46.2. The van der Waals surface area contributed by atoms with Gasteiger partial charge in [0.15, 0.2) is 0 Å². The van der Waals surface area contributed by atoms with Crippen LogP contribution in [0.15, 0.2) is 46.3 Å². The van der Waals surface area contributed by atoms with Gasteiger partial charge >= 0.3 is 12.1 Å². The first-order valence-corrected chi connectivity index (χ1v) is 17.7. The topological polar surface area (TPSA) is 90.2 Å². The molecule has 0 N–H and O–H groups in total. The summed E-state index contributed by atoms with van der Waals surface area (Å²) in [5, 5.41) is 0. The minimum Gasteiger partial charge on any atom is -0.496 e. The average Bonchev–Trinajstić information content (AvgIpc) is 3.05. The van der Waals surface area contributed by atoms with Gasteiger partial charge in [0.25, 0.3) is 11.5 Å². The molecule has 2 unspecified atom stereocenters. The van der Waals surface area contributed by atoms with Crippen LogP contribution >= 0.6 is 0 Å². The Balaban J connectivity index is 1.78. The number of carbonyl (C=O) groups is 2. The summed E-state index contributed by atoms with van der Waals surface area (Å²) in [6.07, 6.45) is -2.64. The summed E-state index contributed by atoms with van der Waals surface area (Å²) in [6.45, 7) is 14.8. The molecule has 52 heavy (non-hydrogen) atoms. The van der Waals surface area contributed by atoms with Gasteiger partial charge in [-0.2, -0.15) is 13.2 Å². The number of pyridine rings is 1. The smallest absolute Gasteiger partial charge is 0.416 e. The van der Waals surface area contributed by atoms with Crippen molar-refractivity contribution in [2.45, 2.75) is 85.9 Å². The molecule has 1 fully saturated rings. The zero-order valence-electron chi connectivity index (χ0n) is 31.2. The first-order chi connectivity index (χ1) is 24.4. The second-order valence-corrected chi connectivity index (χ2v) is 14.2. The molecule has 0 spiro atoms. The van der Waals surface area contributed by atoms with Gasteiger partial charge in [-0.3, -0.25) is 14.4 Å². The lowest BCUT2D eigenvalue weighted by atomic mass is 9.88. The van der Waals surface area contributed by atoms with Gasteiger partial charge in [-0.05, 0) is 110 Å². The Kier molecular flexibility index (Phi) is 13.2. The molecule has 0 bridgehead atoms. The summed E-state index contributed by atoms with van der Waals surface area (Å²) in [6, 6.07) is 6.37. The molecule has 1 saturated heterocycles. The van der Waals surface area contributed by atoms with Gasteiger partial charge in [-0.1, -0.05) is 26.8 Å². The molecule has 1 aliphatic rings. The number of esters is 1. The third kappa shape index (κ3) is 9.56. The number of aryl methyl sites for hydroxylation is 2. The highest BCUT2D eigenvalue weighted by Crippen LogP contribution is 2.37.